The Kier molecular flexibility index (Phi) is 6.86. The number of carbonyl (C=O) groups is 1. The lowest BCUT2D eigenvalue weighted by Gasteiger charge is -2.12. The number of aromatic nitrogens is 3. The number of imidazole rings is 1. The standard InChI is InChI=1S/C20H12F3N3O2.C6H8N2/c21-20(22,23)14-4-3-11-24-19(14)28-13-9-7-12(8-10-13)17(27)18-25-15-5-1-2-6-16(15)26-18;7-5-3-1-2-4-6(5)8/h1-11H,(H,25,26);1-4H,7-8H2. The first kappa shape index (κ1) is 24.3. The van der Waals surface area contributed by atoms with Crippen molar-refractivity contribution in [1.82, 2.24) is 15.0 Å². The van der Waals surface area contributed by atoms with Crippen molar-refractivity contribution in [3.8, 4) is 11.6 Å². The van der Waals surface area contributed by atoms with Gasteiger partial charge in [-0.25, -0.2) is 9.97 Å². The van der Waals surface area contributed by atoms with Gasteiger partial charge in [0.25, 0.3) is 0 Å². The highest BCUT2D eigenvalue weighted by Crippen LogP contribution is 2.36. The van der Waals surface area contributed by atoms with Crippen LogP contribution in [0.15, 0.2) is 91.1 Å². The number of para-hydroxylation sites is 4. The van der Waals surface area contributed by atoms with Crippen molar-refractivity contribution in [2.45, 2.75) is 6.18 Å². The number of ether oxygens (including phenoxy) is 1. The molecular weight excluding hydrogens is 471 g/mol. The van der Waals surface area contributed by atoms with Crippen molar-refractivity contribution in [3.05, 3.63) is 108 Å². The molecule has 0 atom stereocenters. The molecule has 0 aliphatic heterocycles. The Balaban J connectivity index is 0.000000325. The van der Waals surface area contributed by atoms with E-state index in [9.17, 15) is 18.0 Å². The van der Waals surface area contributed by atoms with Crippen LogP contribution in [-0.2, 0) is 6.18 Å². The second-order valence-electron chi connectivity index (χ2n) is 7.54. The van der Waals surface area contributed by atoms with Crippen LogP contribution in [0.2, 0.25) is 0 Å². The van der Waals surface area contributed by atoms with Crippen LogP contribution in [0.3, 0.4) is 0 Å². The summed E-state index contributed by atoms with van der Waals surface area (Å²) in [5.41, 5.74) is 12.8. The van der Waals surface area contributed by atoms with Gasteiger partial charge < -0.3 is 21.2 Å². The normalized spacial score (nSPS) is 11.0. The summed E-state index contributed by atoms with van der Waals surface area (Å²) in [4.78, 5) is 23.4. The van der Waals surface area contributed by atoms with Crippen molar-refractivity contribution in [2.24, 2.45) is 0 Å². The lowest BCUT2D eigenvalue weighted by atomic mass is 10.1. The summed E-state index contributed by atoms with van der Waals surface area (Å²) in [7, 11) is 0. The number of nitrogens with two attached hydrogens (primary N) is 2. The molecule has 2 heterocycles. The summed E-state index contributed by atoms with van der Waals surface area (Å²) in [6.45, 7) is 0. The van der Waals surface area contributed by atoms with Crippen molar-refractivity contribution in [2.75, 3.05) is 11.5 Å². The Morgan fingerprint density at radius 3 is 2.08 bits per heavy atom. The molecule has 2 aromatic heterocycles. The number of benzene rings is 3. The molecule has 0 saturated heterocycles. The molecule has 10 heteroatoms. The number of hydrogen-bond donors (Lipinski definition) is 3. The van der Waals surface area contributed by atoms with Gasteiger partial charge in [-0.2, -0.15) is 13.2 Å². The highest BCUT2D eigenvalue weighted by atomic mass is 19.4. The van der Waals surface area contributed by atoms with Crippen LogP contribution < -0.4 is 16.2 Å². The number of carbonyl (C=O) groups excluding carboxylic acids is 1. The lowest BCUT2D eigenvalue weighted by Crippen LogP contribution is -2.08. The maximum Gasteiger partial charge on any atom is 0.421 e. The van der Waals surface area contributed by atoms with E-state index >= 15 is 0 Å². The van der Waals surface area contributed by atoms with Gasteiger partial charge in [0.15, 0.2) is 5.82 Å². The average Bonchev–Trinajstić information content (AvgIpc) is 3.30. The van der Waals surface area contributed by atoms with Crippen LogP contribution >= 0.6 is 0 Å². The maximum absolute atomic E-state index is 13.0. The number of nitrogen functional groups attached to an aromatic ring is 2. The van der Waals surface area contributed by atoms with E-state index in [2.05, 4.69) is 15.0 Å². The van der Waals surface area contributed by atoms with Gasteiger partial charge in [0, 0.05) is 11.8 Å². The number of H-pyrrole nitrogens is 1. The van der Waals surface area contributed by atoms with Crippen molar-refractivity contribution in [3.63, 3.8) is 0 Å². The molecule has 0 fully saturated rings. The molecule has 5 rings (SSSR count). The number of nitrogens with one attached hydrogen (secondary N) is 1. The lowest BCUT2D eigenvalue weighted by molar-refractivity contribution is -0.138. The Morgan fingerprint density at radius 2 is 1.47 bits per heavy atom. The van der Waals surface area contributed by atoms with Gasteiger partial charge in [-0.15, -0.1) is 0 Å². The number of fused-ring (bicyclic) bond motifs is 1. The zero-order valence-corrected chi connectivity index (χ0v) is 18.7. The first-order valence-corrected chi connectivity index (χ1v) is 10.6. The van der Waals surface area contributed by atoms with Gasteiger partial charge in [-0.3, -0.25) is 4.79 Å². The molecule has 5 N–H and O–H groups in total. The minimum absolute atomic E-state index is 0.130. The summed E-state index contributed by atoms with van der Waals surface area (Å²) >= 11 is 0. The Hall–Kier alpha value is -4.86. The molecule has 0 amide bonds. The molecule has 0 unspecified atom stereocenters. The number of alkyl halides is 3. The first-order valence-electron chi connectivity index (χ1n) is 10.6. The van der Waals surface area contributed by atoms with Crippen LogP contribution in [-0.4, -0.2) is 20.7 Å². The fourth-order valence-electron chi connectivity index (χ4n) is 3.18. The highest BCUT2D eigenvalue weighted by molar-refractivity contribution is 6.08. The van der Waals surface area contributed by atoms with Crippen LogP contribution in [0.25, 0.3) is 11.0 Å². The molecule has 0 aliphatic rings. The number of pyridine rings is 1. The van der Waals surface area contributed by atoms with E-state index in [0.29, 0.717) is 22.5 Å². The van der Waals surface area contributed by atoms with E-state index in [-0.39, 0.29) is 17.4 Å². The van der Waals surface area contributed by atoms with Gasteiger partial charge >= 0.3 is 6.18 Å². The molecule has 0 radical (unpaired) electrons. The van der Waals surface area contributed by atoms with Crippen molar-refractivity contribution < 1.29 is 22.7 Å². The molecule has 0 spiro atoms. The molecule has 3 aromatic carbocycles. The fourth-order valence-corrected chi connectivity index (χ4v) is 3.18. The second-order valence-corrected chi connectivity index (χ2v) is 7.54. The third-order valence-electron chi connectivity index (χ3n) is 5.01. The quantitative estimate of drug-likeness (QED) is 0.214. The van der Waals surface area contributed by atoms with Crippen LogP contribution in [0, 0.1) is 0 Å². The zero-order valence-electron chi connectivity index (χ0n) is 18.7. The van der Waals surface area contributed by atoms with Gasteiger partial charge in [-0.1, -0.05) is 24.3 Å². The third kappa shape index (κ3) is 5.61. The minimum Gasteiger partial charge on any atom is -0.438 e. The van der Waals surface area contributed by atoms with Gasteiger partial charge in [0.1, 0.15) is 11.3 Å². The Labute approximate surface area is 203 Å². The second kappa shape index (κ2) is 10.2. The summed E-state index contributed by atoms with van der Waals surface area (Å²) in [6, 6.07) is 22.3. The number of nitrogens with zero attached hydrogens (tertiary/aromatic N) is 2. The average molecular weight is 491 g/mol. The molecular formula is C26H20F3N5O2. The van der Waals surface area contributed by atoms with Crippen LogP contribution in [0.1, 0.15) is 21.7 Å². The number of ketones is 1. The summed E-state index contributed by atoms with van der Waals surface area (Å²) in [5, 5.41) is 0. The maximum atomic E-state index is 13.0. The molecule has 7 nitrogen and oxygen atoms in total. The summed E-state index contributed by atoms with van der Waals surface area (Å²) in [5.74, 6) is -0.577. The molecule has 5 aromatic rings. The predicted molar refractivity (Wildman–Crippen MR) is 131 cm³/mol. The van der Waals surface area contributed by atoms with Crippen molar-refractivity contribution in [1.29, 1.82) is 0 Å². The molecule has 182 valence electrons. The smallest absolute Gasteiger partial charge is 0.421 e. The number of anilines is 2. The number of rotatable bonds is 4. The molecule has 0 saturated carbocycles. The molecule has 0 bridgehead atoms. The number of hydrogen-bond acceptors (Lipinski definition) is 6. The van der Waals surface area contributed by atoms with Crippen molar-refractivity contribution >= 4 is 28.2 Å². The monoisotopic (exact) mass is 491 g/mol. The van der Waals surface area contributed by atoms with E-state index in [1.165, 1.54) is 36.5 Å². The largest absolute Gasteiger partial charge is 0.438 e. The van der Waals surface area contributed by atoms with Crippen LogP contribution in [0.5, 0.6) is 11.6 Å². The SMILES string of the molecule is Nc1ccccc1N.O=C(c1ccc(Oc2ncccc2C(F)(F)F)cc1)c1nc2ccccc2[nH]1. The zero-order chi connectivity index (χ0) is 25.7. The molecule has 36 heavy (non-hydrogen) atoms. The number of aromatic amines is 1. The topological polar surface area (TPSA) is 120 Å². The van der Waals surface area contributed by atoms with E-state index < -0.39 is 17.6 Å². The minimum atomic E-state index is -4.58. The third-order valence-corrected chi connectivity index (χ3v) is 5.01. The first-order chi connectivity index (χ1) is 17.2. The summed E-state index contributed by atoms with van der Waals surface area (Å²) < 4.78 is 44.3. The van der Waals surface area contributed by atoms with E-state index in [4.69, 9.17) is 16.2 Å². The Bertz CT molecular complexity index is 1440. The fraction of sp³-hybridized carbons (Fsp3) is 0.0385. The van der Waals surface area contributed by atoms with E-state index in [0.717, 1.165) is 11.6 Å². The van der Waals surface area contributed by atoms with Gasteiger partial charge in [-0.05, 0) is 60.7 Å². The highest BCUT2D eigenvalue weighted by Gasteiger charge is 2.35. The van der Waals surface area contributed by atoms with Gasteiger partial charge in [0.2, 0.25) is 11.7 Å². The van der Waals surface area contributed by atoms with Gasteiger partial charge in [0.05, 0.1) is 22.4 Å². The van der Waals surface area contributed by atoms with Crippen LogP contribution in [0.4, 0.5) is 24.5 Å². The molecule has 0 aliphatic carbocycles. The van der Waals surface area contributed by atoms with E-state index in [1.807, 2.05) is 24.3 Å². The number of halogens is 3. The predicted octanol–water partition coefficient (Wildman–Crippen LogP) is 5.85. The summed E-state index contributed by atoms with van der Waals surface area (Å²) in [6.07, 6.45) is -3.37. The van der Waals surface area contributed by atoms with E-state index in [1.54, 1.807) is 24.3 Å². The Morgan fingerprint density at radius 1 is 0.833 bits per heavy atom.